The number of amides is 2. The second-order valence-corrected chi connectivity index (χ2v) is 7.23. The monoisotopic (exact) mass is 520 g/mol. The van der Waals surface area contributed by atoms with Crippen molar-refractivity contribution in [3.8, 4) is 22.9 Å². The van der Waals surface area contributed by atoms with Crippen LogP contribution in [0.1, 0.15) is 23.0 Å². The first-order valence-corrected chi connectivity index (χ1v) is 9.74. The zero-order valence-corrected chi connectivity index (χ0v) is 18.4. The smallest absolute Gasteiger partial charge is 0.425 e. The molecule has 2 aromatic heterocycles. The highest BCUT2D eigenvalue weighted by molar-refractivity contribution is 6.33. The number of hydrogen-bond donors (Lipinski definition) is 3. The highest BCUT2D eigenvalue weighted by Crippen LogP contribution is 2.34. The van der Waals surface area contributed by atoms with Gasteiger partial charge in [0.1, 0.15) is 22.4 Å². The summed E-state index contributed by atoms with van der Waals surface area (Å²) in [6.07, 6.45) is -7.99. The molecular weight excluding hydrogens is 507 g/mol. The molecule has 0 fully saturated rings. The Morgan fingerprint density at radius 2 is 1.94 bits per heavy atom. The lowest BCUT2D eigenvalue weighted by Gasteiger charge is -2.20. The minimum absolute atomic E-state index is 0.00798. The Balaban J connectivity index is 2.11. The van der Waals surface area contributed by atoms with Crippen LogP contribution in [0.2, 0.25) is 5.15 Å². The van der Waals surface area contributed by atoms with Gasteiger partial charge < -0.3 is 20.5 Å². The van der Waals surface area contributed by atoms with Crippen LogP contribution in [-0.2, 0) is 0 Å². The number of carbonyl (C=O) groups excluding carboxylic acids is 2. The number of H-pyrrole nitrogens is 1. The van der Waals surface area contributed by atoms with Gasteiger partial charge in [-0.25, -0.2) is 19.2 Å². The van der Waals surface area contributed by atoms with E-state index in [4.69, 9.17) is 22.1 Å². The minimum Gasteiger partial charge on any atom is -0.480 e. The molecule has 0 aliphatic carbocycles. The average Bonchev–Trinajstić information content (AvgIpc) is 3.07. The fourth-order valence-electron chi connectivity index (χ4n) is 2.66. The number of aryl methyl sites for hydroxylation is 1. The molecule has 0 radical (unpaired) electrons. The number of alkyl halides is 3. The molecule has 35 heavy (non-hydrogen) atoms. The second-order valence-electron chi connectivity index (χ2n) is 6.85. The quantitative estimate of drug-likeness (QED) is 0.414. The van der Waals surface area contributed by atoms with Gasteiger partial charge in [0, 0.05) is 5.56 Å². The number of nitrogens with zero attached hydrogens (tertiary/aromatic N) is 3. The standard InChI is InChI=1S/C19H14ClF5N6O4/c1-6-13(14(20)31-30-6)29-16(32)9-3-10(21)8(4-12(9)34-7(2)19(23,24)25)11-5-27-15(22)17(28-11)35-18(26)33/h3-5,7H,1-2H3,(H2,26,33)(H,29,32)(H,30,31)/t7-/m0/s1. The Morgan fingerprint density at radius 3 is 2.51 bits per heavy atom. The summed E-state index contributed by atoms with van der Waals surface area (Å²) in [5.74, 6) is -5.33. The summed E-state index contributed by atoms with van der Waals surface area (Å²) < 4.78 is 77.4. The highest BCUT2D eigenvalue weighted by Gasteiger charge is 2.39. The van der Waals surface area contributed by atoms with Gasteiger partial charge in [-0.05, 0) is 26.0 Å². The lowest BCUT2D eigenvalue weighted by atomic mass is 10.1. The molecule has 0 bridgehead atoms. The molecule has 1 aromatic carbocycles. The number of rotatable bonds is 6. The number of benzene rings is 1. The average molecular weight is 521 g/mol. The minimum atomic E-state index is -4.84. The summed E-state index contributed by atoms with van der Waals surface area (Å²) in [5.41, 5.74) is 3.40. The predicted octanol–water partition coefficient (Wildman–Crippen LogP) is 4.15. The molecule has 16 heteroatoms. The number of carbonyl (C=O) groups is 2. The third-order valence-electron chi connectivity index (χ3n) is 4.39. The van der Waals surface area contributed by atoms with Gasteiger partial charge in [-0.2, -0.15) is 22.7 Å². The van der Waals surface area contributed by atoms with Crippen LogP contribution in [0.5, 0.6) is 11.6 Å². The molecule has 3 aromatic rings. The Labute approximate surface area is 197 Å². The molecule has 0 aliphatic rings. The molecule has 0 saturated heterocycles. The van der Waals surface area contributed by atoms with Crippen molar-refractivity contribution in [1.82, 2.24) is 20.2 Å². The largest absolute Gasteiger partial charge is 0.480 e. The van der Waals surface area contributed by atoms with Crippen molar-refractivity contribution in [1.29, 1.82) is 0 Å². The van der Waals surface area contributed by atoms with E-state index >= 15 is 0 Å². The zero-order valence-electron chi connectivity index (χ0n) is 17.6. The second kappa shape index (κ2) is 9.69. The van der Waals surface area contributed by atoms with Crippen molar-refractivity contribution < 1.29 is 41.0 Å². The normalized spacial score (nSPS) is 12.2. The van der Waals surface area contributed by atoms with Crippen molar-refractivity contribution in [2.24, 2.45) is 5.73 Å². The van der Waals surface area contributed by atoms with E-state index in [1.54, 1.807) is 0 Å². The van der Waals surface area contributed by atoms with Gasteiger partial charge in [-0.3, -0.25) is 9.89 Å². The van der Waals surface area contributed by atoms with Gasteiger partial charge in [0.05, 0.1) is 23.1 Å². The summed E-state index contributed by atoms with van der Waals surface area (Å²) in [4.78, 5) is 30.5. The first-order valence-electron chi connectivity index (χ1n) is 9.36. The van der Waals surface area contributed by atoms with Gasteiger partial charge in [0.15, 0.2) is 6.10 Å². The third-order valence-corrected chi connectivity index (χ3v) is 4.67. The molecule has 2 heterocycles. The number of halogens is 6. The van der Waals surface area contributed by atoms with Gasteiger partial charge in [0.25, 0.3) is 17.7 Å². The molecule has 0 unspecified atom stereocenters. The number of nitrogens with two attached hydrogens (primary N) is 1. The van der Waals surface area contributed by atoms with E-state index in [9.17, 15) is 31.5 Å². The van der Waals surface area contributed by atoms with Crippen LogP contribution in [0.4, 0.5) is 32.4 Å². The van der Waals surface area contributed by atoms with Crippen molar-refractivity contribution in [3.63, 3.8) is 0 Å². The molecule has 0 saturated carbocycles. The number of anilines is 1. The van der Waals surface area contributed by atoms with E-state index in [1.165, 1.54) is 6.92 Å². The van der Waals surface area contributed by atoms with Crippen molar-refractivity contribution >= 4 is 29.3 Å². The number of aromatic nitrogens is 4. The maximum Gasteiger partial charge on any atom is 0.425 e. The van der Waals surface area contributed by atoms with Crippen LogP contribution in [0.15, 0.2) is 18.3 Å². The van der Waals surface area contributed by atoms with Crippen LogP contribution in [-0.4, -0.2) is 44.4 Å². The highest BCUT2D eigenvalue weighted by atomic mass is 35.5. The first-order chi connectivity index (χ1) is 16.3. The molecule has 4 N–H and O–H groups in total. The lowest BCUT2D eigenvalue weighted by Crippen LogP contribution is -2.32. The summed E-state index contributed by atoms with van der Waals surface area (Å²) in [6.45, 7) is 2.14. The molecule has 1 atom stereocenters. The molecule has 3 rings (SSSR count). The maximum absolute atomic E-state index is 15.0. The lowest BCUT2D eigenvalue weighted by molar-refractivity contribution is -0.189. The van der Waals surface area contributed by atoms with E-state index in [2.05, 4.69) is 30.2 Å². The Hall–Kier alpha value is -4.01. The van der Waals surface area contributed by atoms with Crippen LogP contribution in [0, 0.1) is 18.7 Å². The number of hydrogen-bond acceptors (Lipinski definition) is 7. The fourth-order valence-corrected chi connectivity index (χ4v) is 2.89. The molecule has 10 nitrogen and oxygen atoms in total. The van der Waals surface area contributed by atoms with E-state index in [-0.39, 0.29) is 16.5 Å². The van der Waals surface area contributed by atoms with Crippen LogP contribution < -0.4 is 20.5 Å². The summed E-state index contributed by atoms with van der Waals surface area (Å²) >= 11 is 5.88. The molecule has 0 aliphatic heterocycles. The molecular formula is C19H14ClF5N6O4. The fraction of sp³-hybridized carbons (Fsp3) is 0.211. The number of primary amides is 1. The Kier molecular flexibility index (Phi) is 7.09. The SMILES string of the molecule is Cc1n[nH]c(Cl)c1NC(=O)c1cc(F)c(-c2cnc(F)c(OC(N)=O)n2)cc1O[C@@H](C)C(F)(F)F. The van der Waals surface area contributed by atoms with Gasteiger partial charge >= 0.3 is 12.3 Å². The van der Waals surface area contributed by atoms with E-state index in [1.807, 2.05) is 0 Å². The van der Waals surface area contributed by atoms with E-state index in [0.29, 0.717) is 19.2 Å². The summed E-state index contributed by atoms with van der Waals surface area (Å²) in [7, 11) is 0. The zero-order chi connectivity index (χ0) is 26.1. The van der Waals surface area contributed by atoms with Gasteiger partial charge in [-0.15, -0.1) is 0 Å². The van der Waals surface area contributed by atoms with E-state index in [0.717, 1.165) is 6.07 Å². The van der Waals surface area contributed by atoms with Crippen molar-refractivity contribution in [2.45, 2.75) is 26.1 Å². The van der Waals surface area contributed by atoms with Gasteiger partial charge in [0.2, 0.25) is 0 Å². The molecule has 186 valence electrons. The van der Waals surface area contributed by atoms with Crippen LogP contribution >= 0.6 is 11.6 Å². The molecule has 2 amide bonds. The van der Waals surface area contributed by atoms with Crippen molar-refractivity contribution in [2.75, 3.05) is 5.32 Å². The maximum atomic E-state index is 15.0. The van der Waals surface area contributed by atoms with Crippen LogP contribution in [0.25, 0.3) is 11.3 Å². The molecule has 0 spiro atoms. The van der Waals surface area contributed by atoms with Gasteiger partial charge in [-0.1, -0.05) is 11.6 Å². The summed E-state index contributed by atoms with van der Waals surface area (Å²) in [5, 5.41) is 8.37. The summed E-state index contributed by atoms with van der Waals surface area (Å²) in [6, 6.07) is 1.30. The van der Waals surface area contributed by atoms with E-state index < -0.39 is 64.5 Å². The first kappa shape index (κ1) is 25.6. The number of nitrogens with one attached hydrogen (secondary N) is 2. The third kappa shape index (κ3) is 5.74. The van der Waals surface area contributed by atoms with Crippen molar-refractivity contribution in [3.05, 3.63) is 46.5 Å². The predicted molar refractivity (Wildman–Crippen MR) is 110 cm³/mol. The topological polar surface area (TPSA) is 145 Å². The Bertz CT molecular complexity index is 1280. The number of aromatic amines is 1. The Morgan fingerprint density at radius 1 is 1.26 bits per heavy atom. The van der Waals surface area contributed by atoms with Crippen LogP contribution in [0.3, 0.4) is 0 Å². The number of ether oxygens (including phenoxy) is 2.